The molecule has 0 saturated heterocycles. The molecule has 0 fully saturated rings. The molecule has 3 heteroatoms. The van der Waals surface area contributed by atoms with Gasteiger partial charge in [-0.25, -0.2) is 0 Å². The Kier molecular flexibility index (Phi) is 3.79. The van der Waals surface area contributed by atoms with Gasteiger partial charge in [-0.1, -0.05) is 31.9 Å². The lowest BCUT2D eigenvalue weighted by Gasteiger charge is -2.10. The fourth-order valence-corrected chi connectivity index (χ4v) is 3.75. The fraction of sp³-hybridized carbons (Fsp3) is 0.455. The maximum atomic E-state index is 2.39. The van der Waals surface area contributed by atoms with Crippen LogP contribution in [0.25, 0.3) is 0 Å². The molecule has 0 spiro atoms. The molecule has 1 aliphatic heterocycles. The summed E-state index contributed by atoms with van der Waals surface area (Å²) >= 11 is 3.77. The zero-order valence-corrected chi connectivity index (χ0v) is 10.0. The maximum Gasteiger partial charge on any atom is 0.0388 e. The summed E-state index contributed by atoms with van der Waals surface area (Å²) in [5.41, 5.74) is 0. The molecule has 0 saturated carbocycles. The van der Waals surface area contributed by atoms with E-state index < -0.39 is 0 Å². The van der Waals surface area contributed by atoms with E-state index in [0.29, 0.717) is 0 Å². The molecule has 0 amide bonds. The molecule has 0 aromatic heterocycles. The fourth-order valence-electron chi connectivity index (χ4n) is 1.42. The van der Waals surface area contributed by atoms with Crippen LogP contribution in [-0.2, 0) is 0 Å². The first kappa shape index (κ1) is 10.4. The third-order valence-corrected chi connectivity index (χ3v) is 4.65. The van der Waals surface area contributed by atoms with Crippen molar-refractivity contribution >= 4 is 23.9 Å². The molecule has 0 aliphatic carbocycles. The van der Waals surface area contributed by atoms with Crippen LogP contribution in [0.5, 0.6) is 0 Å². The number of hydrogen-bond donors (Lipinski definition) is 0. The molecule has 2 rings (SSSR count). The highest BCUT2D eigenvalue weighted by Crippen LogP contribution is 2.45. The standard InChI is InChI=1S/C11H15NS2/c1-2-3-6-9-12-13-10-7-4-5-8-11(10)14-12/h4-5,7-8H,2-3,6,9H2,1H3. The minimum atomic E-state index is 1.19. The van der Waals surface area contributed by atoms with Crippen molar-refractivity contribution in [2.24, 2.45) is 0 Å². The first-order valence-electron chi connectivity index (χ1n) is 5.12. The van der Waals surface area contributed by atoms with Gasteiger partial charge in [-0.05, 0) is 42.4 Å². The van der Waals surface area contributed by atoms with Crippen molar-refractivity contribution < 1.29 is 0 Å². The van der Waals surface area contributed by atoms with E-state index in [1.54, 1.807) is 0 Å². The van der Waals surface area contributed by atoms with Gasteiger partial charge in [0, 0.05) is 16.3 Å². The maximum absolute atomic E-state index is 2.39. The van der Waals surface area contributed by atoms with E-state index in [9.17, 15) is 0 Å². The van der Waals surface area contributed by atoms with Gasteiger partial charge in [-0.3, -0.25) is 0 Å². The number of nitrogens with zero attached hydrogens (tertiary/aromatic N) is 1. The molecule has 1 aliphatic rings. The molecule has 1 aromatic rings. The van der Waals surface area contributed by atoms with Gasteiger partial charge in [-0.15, -0.1) is 0 Å². The minimum absolute atomic E-state index is 1.19. The van der Waals surface area contributed by atoms with Gasteiger partial charge >= 0.3 is 0 Å². The van der Waals surface area contributed by atoms with Gasteiger partial charge < -0.3 is 0 Å². The van der Waals surface area contributed by atoms with Crippen molar-refractivity contribution in [2.45, 2.75) is 36.0 Å². The van der Waals surface area contributed by atoms with E-state index in [1.807, 2.05) is 23.9 Å². The van der Waals surface area contributed by atoms with E-state index >= 15 is 0 Å². The van der Waals surface area contributed by atoms with Crippen LogP contribution in [-0.4, -0.2) is 10.3 Å². The van der Waals surface area contributed by atoms with Gasteiger partial charge in [0.15, 0.2) is 0 Å². The van der Waals surface area contributed by atoms with E-state index in [4.69, 9.17) is 0 Å². The molecule has 1 nitrogen and oxygen atoms in total. The van der Waals surface area contributed by atoms with Gasteiger partial charge in [0.2, 0.25) is 0 Å². The SMILES string of the molecule is CCCCCN1Sc2ccccc2S1. The highest BCUT2D eigenvalue weighted by Gasteiger charge is 2.19. The van der Waals surface area contributed by atoms with Crippen LogP contribution in [0, 0.1) is 0 Å². The van der Waals surface area contributed by atoms with Crippen LogP contribution >= 0.6 is 23.9 Å². The van der Waals surface area contributed by atoms with E-state index in [1.165, 1.54) is 35.6 Å². The number of benzene rings is 1. The largest absolute Gasteiger partial charge is 0.186 e. The van der Waals surface area contributed by atoms with Gasteiger partial charge in [0.25, 0.3) is 0 Å². The molecule has 0 bridgehead atoms. The third-order valence-electron chi connectivity index (χ3n) is 2.19. The Labute approximate surface area is 94.5 Å². The minimum Gasteiger partial charge on any atom is -0.186 e. The Hall–Kier alpha value is -0.120. The van der Waals surface area contributed by atoms with E-state index in [2.05, 4.69) is 34.9 Å². The summed E-state index contributed by atoms with van der Waals surface area (Å²) in [6, 6.07) is 8.63. The summed E-state index contributed by atoms with van der Waals surface area (Å²) in [7, 11) is 0. The Morgan fingerprint density at radius 2 is 1.71 bits per heavy atom. The zero-order valence-electron chi connectivity index (χ0n) is 8.40. The van der Waals surface area contributed by atoms with Crippen LogP contribution in [0.3, 0.4) is 0 Å². The molecule has 14 heavy (non-hydrogen) atoms. The van der Waals surface area contributed by atoms with Gasteiger partial charge in [0.1, 0.15) is 0 Å². The lowest BCUT2D eigenvalue weighted by atomic mass is 10.3. The van der Waals surface area contributed by atoms with Crippen LogP contribution in [0.4, 0.5) is 0 Å². The Bertz CT molecular complexity index is 276. The lowest BCUT2D eigenvalue weighted by Crippen LogP contribution is -2.03. The van der Waals surface area contributed by atoms with Crippen molar-refractivity contribution in [1.82, 2.24) is 3.71 Å². The highest BCUT2D eigenvalue weighted by atomic mass is 32.2. The van der Waals surface area contributed by atoms with Crippen LogP contribution in [0.1, 0.15) is 26.2 Å². The molecule has 76 valence electrons. The van der Waals surface area contributed by atoms with Gasteiger partial charge in [0.05, 0.1) is 0 Å². The summed E-state index contributed by atoms with van der Waals surface area (Å²) in [6.45, 7) is 3.44. The second-order valence-corrected chi connectivity index (χ2v) is 5.75. The predicted molar refractivity (Wildman–Crippen MR) is 64.4 cm³/mol. The number of fused-ring (bicyclic) bond motifs is 1. The first-order chi connectivity index (χ1) is 6.90. The van der Waals surface area contributed by atoms with Crippen molar-refractivity contribution in [3.8, 4) is 0 Å². The Balaban J connectivity index is 1.86. The second kappa shape index (κ2) is 5.10. The molecule has 0 unspecified atom stereocenters. The first-order valence-corrected chi connectivity index (χ1v) is 6.67. The number of rotatable bonds is 4. The van der Waals surface area contributed by atoms with E-state index in [-0.39, 0.29) is 0 Å². The normalized spacial score (nSPS) is 15.8. The van der Waals surface area contributed by atoms with Crippen LogP contribution < -0.4 is 0 Å². The Morgan fingerprint density at radius 3 is 2.29 bits per heavy atom. The quantitative estimate of drug-likeness (QED) is 0.558. The average Bonchev–Trinajstić information content (AvgIpc) is 2.60. The monoisotopic (exact) mass is 225 g/mol. The summed E-state index contributed by atoms with van der Waals surface area (Å²) < 4.78 is 2.39. The molecule has 0 atom stereocenters. The molecule has 0 radical (unpaired) electrons. The number of unbranched alkanes of at least 4 members (excludes halogenated alkanes) is 2. The topological polar surface area (TPSA) is 3.24 Å². The summed E-state index contributed by atoms with van der Waals surface area (Å²) in [6.07, 6.45) is 3.95. The summed E-state index contributed by atoms with van der Waals surface area (Å²) in [4.78, 5) is 2.82. The summed E-state index contributed by atoms with van der Waals surface area (Å²) in [5, 5.41) is 0. The summed E-state index contributed by atoms with van der Waals surface area (Å²) in [5.74, 6) is 0. The average molecular weight is 225 g/mol. The number of hydrogen-bond acceptors (Lipinski definition) is 3. The smallest absolute Gasteiger partial charge is 0.0388 e. The van der Waals surface area contributed by atoms with Crippen LogP contribution in [0.2, 0.25) is 0 Å². The molecule has 1 heterocycles. The molecule has 0 N–H and O–H groups in total. The second-order valence-electron chi connectivity index (χ2n) is 3.39. The Morgan fingerprint density at radius 1 is 1.07 bits per heavy atom. The molecular formula is C11H15NS2. The zero-order chi connectivity index (χ0) is 9.80. The predicted octanol–water partition coefficient (Wildman–Crippen LogP) is 4.21. The third kappa shape index (κ3) is 2.47. The highest BCUT2D eigenvalue weighted by molar-refractivity contribution is 8.14. The molecule has 1 aromatic carbocycles. The molecular weight excluding hydrogens is 210 g/mol. The van der Waals surface area contributed by atoms with Crippen molar-refractivity contribution in [3.05, 3.63) is 24.3 Å². The van der Waals surface area contributed by atoms with Crippen molar-refractivity contribution in [2.75, 3.05) is 6.54 Å². The van der Waals surface area contributed by atoms with Crippen LogP contribution in [0.15, 0.2) is 34.1 Å². The van der Waals surface area contributed by atoms with E-state index in [0.717, 1.165) is 0 Å². The van der Waals surface area contributed by atoms with Crippen molar-refractivity contribution in [3.63, 3.8) is 0 Å². The van der Waals surface area contributed by atoms with Gasteiger partial charge in [-0.2, -0.15) is 3.71 Å². The van der Waals surface area contributed by atoms with Crippen molar-refractivity contribution in [1.29, 1.82) is 0 Å². The lowest BCUT2D eigenvalue weighted by molar-refractivity contribution is 0.631.